The number of hydrogen-bond donors (Lipinski definition) is 0. The lowest BCUT2D eigenvalue weighted by atomic mass is 10.0. The third-order valence-corrected chi connectivity index (χ3v) is 3.96. The molecule has 1 spiro atoms. The monoisotopic (exact) mass is 258 g/mol. The summed E-state index contributed by atoms with van der Waals surface area (Å²) in [5.41, 5.74) is 1.88. The molecule has 0 aliphatic carbocycles. The maximum atomic E-state index is 9.11. The molecule has 4 heteroatoms. The average Bonchev–Trinajstić information content (AvgIpc) is 2.91. The molecule has 0 atom stereocenters. The van der Waals surface area contributed by atoms with Gasteiger partial charge >= 0.3 is 0 Å². The minimum absolute atomic E-state index is 0.314. The van der Waals surface area contributed by atoms with Gasteiger partial charge in [0.2, 0.25) is 0 Å². The smallest absolute Gasteiger partial charge is 0.170 e. The van der Waals surface area contributed by atoms with Crippen molar-refractivity contribution >= 4 is 0 Å². The number of likely N-dealkylation sites (tertiary alicyclic amines) is 1. The zero-order chi connectivity index (χ0) is 13.1. The average molecular weight is 258 g/mol. The van der Waals surface area contributed by atoms with Gasteiger partial charge in [-0.2, -0.15) is 5.26 Å². The summed E-state index contributed by atoms with van der Waals surface area (Å²) in [7, 11) is 0. The normalized spacial score (nSPS) is 22.5. The Balaban J connectivity index is 1.62. The van der Waals surface area contributed by atoms with Crippen LogP contribution in [0.2, 0.25) is 0 Å². The van der Waals surface area contributed by atoms with Gasteiger partial charge in [0.05, 0.1) is 24.8 Å². The fourth-order valence-corrected chi connectivity index (χ4v) is 2.85. The number of nitriles is 1. The minimum Gasteiger partial charge on any atom is -0.347 e. The van der Waals surface area contributed by atoms with Crippen molar-refractivity contribution < 1.29 is 9.47 Å². The number of benzene rings is 1. The highest BCUT2D eigenvalue weighted by molar-refractivity contribution is 5.37. The van der Waals surface area contributed by atoms with Crippen LogP contribution in [0.15, 0.2) is 24.3 Å². The van der Waals surface area contributed by atoms with Gasteiger partial charge in [-0.05, 0) is 11.6 Å². The van der Waals surface area contributed by atoms with E-state index in [1.165, 1.54) is 0 Å². The molecule has 0 amide bonds. The molecule has 2 saturated heterocycles. The van der Waals surface area contributed by atoms with Crippen LogP contribution in [-0.2, 0) is 16.0 Å². The van der Waals surface area contributed by atoms with Gasteiger partial charge < -0.3 is 9.47 Å². The van der Waals surface area contributed by atoms with E-state index in [0.29, 0.717) is 0 Å². The molecule has 1 aromatic carbocycles. The molecule has 0 aromatic heterocycles. The van der Waals surface area contributed by atoms with E-state index in [-0.39, 0.29) is 5.79 Å². The van der Waals surface area contributed by atoms with Gasteiger partial charge in [-0.3, -0.25) is 4.90 Å². The molecule has 0 radical (unpaired) electrons. The Kier molecular flexibility index (Phi) is 3.52. The summed E-state index contributed by atoms with van der Waals surface area (Å²) in [6, 6.07) is 10.1. The number of piperidine rings is 1. The molecule has 19 heavy (non-hydrogen) atoms. The summed E-state index contributed by atoms with van der Waals surface area (Å²) in [6.07, 6.45) is 1.84. The summed E-state index contributed by atoms with van der Waals surface area (Å²) in [6.45, 7) is 4.19. The Morgan fingerprint density at radius 3 is 2.53 bits per heavy atom. The lowest BCUT2D eigenvalue weighted by molar-refractivity contribution is -0.185. The van der Waals surface area contributed by atoms with Gasteiger partial charge in [0.25, 0.3) is 0 Å². The number of hydrogen-bond acceptors (Lipinski definition) is 4. The Hall–Kier alpha value is -1.41. The predicted molar refractivity (Wildman–Crippen MR) is 70.3 cm³/mol. The van der Waals surface area contributed by atoms with Crippen molar-refractivity contribution in [2.45, 2.75) is 25.2 Å². The van der Waals surface area contributed by atoms with Gasteiger partial charge in [-0.15, -0.1) is 0 Å². The lowest BCUT2D eigenvalue weighted by Gasteiger charge is -2.37. The van der Waals surface area contributed by atoms with Crippen molar-refractivity contribution in [3.63, 3.8) is 0 Å². The summed E-state index contributed by atoms with van der Waals surface area (Å²) in [5, 5.41) is 9.11. The molecule has 1 aromatic rings. The van der Waals surface area contributed by atoms with E-state index in [2.05, 4.69) is 11.0 Å². The molecular formula is C15H18N2O2. The number of ether oxygens (including phenoxy) is 2. The van der Waals surface area contributed by atoms with E-state index in [0.717, 1.165) is 56.8 Å². The van der Waals surface area contributed by atoms with Crippen molar-refractivity contribution in [2.24, 2.45) is 0 Å². The SMILES string of the molecule is N#Cc1ccccc1CN1CCC2(CC1)OCCO2. The second kappa shape index (κ2) is 5.30. The molecule has 2 aliphatic heterocycles. The topological polar surface area (TPSA) is 45.5 Å². The van der Waals surface area contributed by atoms with Crippen LogP contribution in [0.4, 0.5) is 0 Å². The van der Waals surface area contributed by atoms with Crippen molar-refractivity contribution in [1.82, 2.24) is 4.90 Å². The summed E-state index contributed by atoms with van der Waals surface area (Å²) in [5.74, 6) is -0.314. The number of nitrogens with zero attached hydrogens (tertiary/aromatic N) is 2. The zero-order valence-corrected chi connectivity index (χ0v) is 11.0. The van der Waals surface area contributed by atoms with E-state index in [1.54, 1.807) is 0 Å². The van der Waals surface area contributed by atoms with E-state index >= 15 is 0 Å². The highest BCUT2D eigenvalue weighted by Crippen LogP contribution is 2.31. The van der Waals surface area contributed by atoms with E-state index in [1.807, 2.05) is 24.3 Å². The minimum atomic E-state index is -0.314. The van der Waals surface area contributed by atoms with Crippen molar-refractivity contribution in [3.05, 3.63) is 35.4 Å². The largest absolute Gasteiger partial charge is 0.347 e. The van der Waals surface area contributed by atoms with E-state index in [4.69, 9.17) is 14.7 Å². The predicted octanol–water partition coefficient (Wildman–Crippen LogP) is 1.90. The van der Waals surface area contributed by atoms with Gasteiger partial charge in [-0.1, -0.05) is 18.2 Å². The van der Waals surface area contributed by atoms with Crippen LogP contribution in [0, 0.1) is 11.3 Å². The molecule has 100 valence electrons. The van der Waals surface area contributed by atoms with Gasteiger partial charge in [0, 0.05) is 32.5 Å². The van der Waals surface area contributed by atoms with Crippen LogP contribution in [-0.4, -0.2) is 37.0 Å². The fraction of sp³-hybridized carbons (Fsp3) is 0.533. The molecule has 0 saturated carbocycles. The van der Waals surface area contributed by atoms with Crippen LogP contribution >= 0.6 is 0 Å². The highest BCUT2D eigenvalue weighted by atomic mass is 16.7. The fourth-order valence-electron chi connectivity index (χ4n) is 2.85. The molecule has 2 fully saturated rings. The highest BCUT2D eigenvalue weighted by Gasteiger charge is 2.39. The van der Waals surface area contributed by atoms with Crippen LogP contribution < -0.4 is 0 Å². The van der Waals surface area contributed by atoms with E-state index < -0.39 is 0 Å². The van der Waals surface area contributed by atoms with E-state index in [9.17, 15) is 0 Å². The molecule has 0 bridgehead atoms. The number of rotatable bonds is 2. The molecule has 2 heterocycles. The molecule has 0 unspecified atom stereocenters. The van der Waals surface area contributed by atoms with Crippen LogP contribution in [0.25, 0.3) is 0 Å². The Labute approximate surface area is 113 Å². The van der Waals surface area contributed by atoms with Gasteiger partial charge in [0.1, 0.15) is 0 Å². The Morgan fingerprint density at radius 1 is 1.16 bits per heavy atom. The van der Waals surface area contributed by atoms with Crippen LogP contribution in [0.5, 0.6) is 0 Å². The Bertz CT molecular complexity index is 479. The zero-order valence-electron chi connectivity index (χ0n) is 11.0. The first-order valence-corrected chi connectivity index (χ1v) is 6.80. The van der Waals surface area contributed by atoms with Gasteiger partial charge in [-0.25, -0.2) is 0 Å². The standard InChI is InChI=1S/C15H18N2O2/c16-11-13-3-1-2-4-14(13)12-17-7-5-15(6-8-17)18-9-10-19-15/h1-4H,5-10,12H2. The summed E-state index contributed by atoms with van der Waals surface area (Å²) in [4.78, 5) is 2.37. The quantitative estimate of drug-likeness (QED) is 0.812. The second-order valence-corrected chi connectivity index (χ2v) is 5.15. The molecule has 3 rings (SSSR count). The summed E-state index contributed by atoms with van der Waals surface area (Å²) >= 11 is 0. The lowest BCUT2D eigenvalue weighted by Crippen LogP contribution is -2.44. The van der Waals surface area contributed by atoms with Gasteiger partial charge in [0.15, 0.2) is 5.79 Å². The summed E-state index contributed by atoms with van der Waals surface area (Å²) < 4.78 is 11.4. The second-order valence-electron chi connectivity index (χ2n) is 5.15. The molecule has 4 nitrogen and oxygen atoms in total. The van der Waals surface area contributed by atoms with Crippen molar-refractivity contribution in [3.8, 4) is 6.07 Å². The van der Waals surface area contributed by atoms with Crippen LogP contribution in [0.1, 0.15) is 24.0 Å². The third-order valence-electron chi connectivity index (χ3n) is 3.96. The maximum Gasteiger partial charge on any atom is 0.170 e. The Morgan fingerprint density at radius 2 is 1.84 bits per heavy atom. The van der Waals surface area contributed by atoms with Crippen molar-refractivity contribution in [2.75, 3.05) is 26.3 Å². The third kappa shape index (κ3) is 2.64. The van der Waals surface area contributed by atoms with Crippen LogP contribution in [0.3, 0.4) is 0 Å². The first-order chi connectivity index (χ1) is 9.31. The molecule has 0 N–H and O–H groups in total. The first kappa shape index (κ1) is 12.6. The molecular weight excluding hydrogens is 240 g/mol. The first-order valence-electron chi connectivity index (χ1n) is 6.80. The molecule has 2 aliphatic rings. The maximum absolute atomic E-state index is 9.11. The van der Waals surface area contributed by atoms with Crippen molar-refractivity contribution in [1.29, 1.82) is 5.26 Å².